The van der Waals surface area contributed by atoms with Crippen molar-refractivity contribution in [1.82, 2.24) is 20.2 Å². The van der Waals surface area contributed by atoms with Crippen molar-refractivity contribution in [2.75, 3.05) is 19.7 Å². The molecule has 1 unspecified atom stereocenters. The number of likely N-dealkylation sites (tertiary alicyclic amines) is 1. The number of amides is 2. The van der Waals surface area contributed by atoms with Crippen molar-refractivity contribution in [2.24, 2.45) is 0 Å². The van der Waals surface area contributed by atoms with E-state index in [1.807, 2.05) is 0 Å². The van der Waals surface area contributed by atoms with Crippen LogP contribution in [0.15, 0.2) is 59.4 Å². The number of hydrogen-bond donors (Lipinski definition) is 3. The summed E-state index contributed by atoms with van der Waals surface area (Å²) in [4.78, 5) is 55.8. The van der Waals surface area contributed by atoms with E-state index in [0.29, 0.717) is 41.1 Å². The quantitative estimate of drug-likeness (QED) is 0.410. The minimum absolute atomic E-state index is 0.142. The molecule has 0 aliphatic carbocycles. The number of carboxylic acid groups (broad SMARTS) is 1. The van der Waals surface area contributed by atoms with Gasteiger partial charge in [0.05, 0.1) is 11.0 Å². The van der Waals surface area contributed by atoms with Crippen molar-refractivity contribution in [1.29, 1.82) is 0 Å². The topological polar surface area (TPSA) is 142 Å². The Hall–Kier alpha value is -4.61. The average Bonchev–Trinajstić information content (AvgIpc) is 3.40. The number of alkyl carbamates (subject to hydrolysis) is 1. The van der Waals surface area contributed by atoms with Crippen LogP contribution >= 0.6 is 0 Å². The van der Waals surface area contributed by atoms with E-state index in [9.17, 15) is 28.0 Å². The number of aromatic nitrogens is 2. The summed E-state index contributed by atoms with van der Waals surface area (Å²) in [7, 11) is 0. The van der Waals surface area contributed by atoms with Crippen molar-refractivity contribution in [3.63, 3.8) is 0 Å². The van der Waals surface area contributed by atoms with Crippen LogP contribution in [0.2, 0.25) is 0 Å². The molecule has 3 N–H and O–H groups in total. The number of fused-ring (bicyclic) bond motifs is 1. The van der Waals surface area contributed by atoms with E-state index >= 15 is 0 Å². The van der Waals surface area contributed by atoms with E-state index in [-0.39, 0.29) is 12.2 Å². The molecule has 1 aliphatic heterocycles. The molecule has 2 aromatic carbocycles. The van der Waals surface area contributed by atoms with Gasteiger partial charge in [-0.2, -0.15) is 8.78 Å². The van der Waals surface area contributed by atoms with Gasteiger partial charge in [0.1, 0.15) is 18.3 Å². The number of H-pyrrole nitrogens is 1. The van der Waals surface area contributed by atoms with Gasteiger partial charge in [0.2, 0.25) is 5.91 Å². The first-order valence-corrected chi connectivity index (χ1v) is 11.7. The molecule has 3 aromatic rings. The maximum atomic E-state index is 14.3. The summed E-state index contributed by atoms with van der Waals surface area (Å²) in [5, 5.41) is 11.2. The highest BCUT2D eigenvalue weighted by atomic mass is 19.3. The molecule has 0 radical (unpaired) electrons. The number of para-hydroxylation sites is 2. The number of carbonyl (C=O) groups is 3. The first-order chi connectivity index (χ1) is 18.1. The van der Waals surface area contributed by atoms with Crippen LogP contribution in [0.5, 0.6) is 0 Å². The van der Waals surface area contributed by atoms with Crippen LogP contribution in [-0.4, -0.2) is 69.6 Å². The van der Waals surface area contributed by atoms with Gasteiger partial charge in [0, 0.05) is 12.1 Å². The van der Waals surface area contributed by atoms with E-state index in [0.717, 1.165) is 11.0 Å². The number of nitrogens with zero attached hydrogens (tertiary/aromatic N) is 2. The van der Waals surface area contributed by atoms with Gasteiger partial charge in [-0.05, 0) is 42.7 Å². The first kappa shape index (κ1) is 26.5. The fraction of sp³-hybridized carbons (Fsp3) is 0.269. The van der Waals surface area contributed by atoms with E-state index in [1.165, 1.54) is 6.07 Å². The van der Waals surface area contributed by atoms with E-state index in [4.69, 9.17) is 5.11 Å². The Morgan fingerprint density at radius 3 is 2.79 bits per heavy atom. The average molecular weight is 526 g/mol. The molecule has 0 spiro atoms. The van der Waals surface area contributed by atoms with E-state index < -0.39 is 48.6 Å². The Balaban J connectivity index is 1.33. The Bertz CT molecular complexity index is 1450. The molecular formula is C26H24F2N4O6. The molecule has 0 bridgehead atoms. The lowest BCUT2D eigenvalue weighted by molar-refractivity contribution is -0.147. The standard InChI is InChI=1S/C26H24F2N4O6/c27-26(28,15-38-25(37)29-14-21(33)32-12-4-9-20(32)24(35)36)11-10-16-5-3-6-17(13-16)22-23(34)31-19-8-2-1-7-18(19)30-22/h1-3,5-8,10-11,13,20H,4,9,12,14-15H2,(H,29,37)(H,31,34)(H,35,36)/b11-10+. The number of aliphatic carboxylic acids is 1. The Morgan fingerprint density at radius 2 is 2.00 bits per heavy atom. The molecule has 1 aromatic heterocycles. The molecule has 1 fully saturated rings. The molecule has 1 saturated heterocycles. The minimum atomic E-state index is -3.53. The fourth-order valence-corrected chi connectivity index (χ4v) is 4.07. The van der Waals surface area contributed by atoms with Crippen molar-refractivity contribution in [3.8, 4) is 11.3 Å². The summed E-state index contributed by atoms with van der Waals surface area (Å²) in [6, 6.07) is 12.4. The van der Waals surface area contributed by atoms with Gasteiger partial charge < -0.3 is 25.0 Å². The van der Waals surface area contributed by atoms with Crippen LogP contribution in [0.4, 0.5) is 13.6 Å². The number of carbonyl (C=O) groups excluding carboxylic acids is 2. The van der Waals surface area contributed by atoms with E-state index in [1.54, 1.807) is 42.5 Å². The molecule has 1 aliphatic rings. The predicted molar refractivity (Wildman–Crippen MR) is 134 cm³/mol. The highest BCUT2D eigenvalue weighted by Crippen LogP contribution is 2.22. The van der Waals surface area contributed by atoms with Crippen LogP contribution < -0.4 is 10.9 Å². The maximum absolute atomic E-state index is 14.3. The summed E-state index contributed by atoms with van der Waals surface area (Å²) in [6.45, 7) is -1.61. The second-order valence-corrected chi connectivity index (χ2v) is 8.66. The number of hydrogen-bond acceptors (Lipinski definition) is 6. The lowest BCUT2D eigenvalue weighted by Gasteiger charge is -2.21. The molecule has 10 nitrogen and oxygen atoms in total. The molecule has 198 valence electrons. The van der Waals surface area contributed by atoms with Gasteiger partial charge in [0.15, 0.2) is 6.61 Å². The lowest BCUT2D eigenvalue weighted by Crippen LogP contribution is -2.45. The number of carboxylic acids is 1. The van der Waals surface area contributed by atoms with Crippen molar-refractivity contribution in [3.05, 3.63) is 70.5 Å². The van der Waals surface area contributed by atoms with Gasteiger partial charge >= 0.3 is 12.1 Å². The van der Waals surface area contributed by atoms with E-state index in [2.05, 4.69) is 20.0 Å². The Kier molecular flexibility index (Phi) is 7.79. The Labute approximate surface area is 214 Å². The molecule has 4 rings (SSSR count). The predicted octanol–water partition coefficient (Wildman–Crippen LogP) is 3.04. The van der Waals surface area contributed by atoms with Crippen LogP contribution in [0.3, 0.4) is 0 Å². The van der Waals surface area contributed by atoms with Crippen LogP contribution in [0.25, 0.3) is 28.4 Å². The largest absolute Gasteiger partial charge is 0.480 e. The SMILES string of the molecule is O=C(NCC(=O)N1CCCC1C(=O)O)OCC(F)(F)/C=C/c1cccc(-c2nc3ccccc3[nH]c2=O)c1. The second kappa shape index (κ2) is 11.2. The summed E-state index contributed by atoms with van der Waals surface area (Å²) in [6.07, 6.45) is 1.28. The van der Waals surface area contributed by atoms with Gasteiger partial charge in [-0.1, -0.05) is 36.4 Å². The molecule has 0 saturated carbocycles. The third kappa shape index (κ3) is 6.38. The number of nitrogens with one attached hydrogen (secondary N) is 2. The normalized spacial score (nSPS) is 15.6. The van der Waals surface area contributed by atoms with Crippen LogP contribution in [0.1, 0.15) is 18.4 Å². The van der Waals surface area contributed by atoms with Crippen LogP contribution in [-0.2, 0) is 14.3 Å². The fourth-order valence-electron chi connectivity index (χ4n) is 4.07. The summed E-state index contributed by atoms with van der Waals surface area (Å²) < 4.78 is 33.2. The summed E-state index contributed by atoms with van der Waals surface area (Å²) in [5.41, 5.74) is 1.68. The maximum Gasteiger partial charge on any atom is 0.407 e. The summed E-state index contributed by atoms with van der Waals surface area (Å²) in [5.74, 6) is -5.31. The number of aromatic amines is 1. The van der Waals surface area contributed by atoms with Gasteiger partial charge in [-0.25, -0.2) is 14.6 Å². The van der Waals surface area contributed by atoms with Gasteiger partial charge in [0.25, 0.3) is 11.5 Å². The number of rotatable bonds is 8. The molecule has 2 amide bonds. The van der Waals surface area contributed by atoms with Crippen molar-refractivity contribution >= 4 is 35.1 Å². The monoisotopic (exact) mass is 526 g/mol. The molecule has 2 heterocycles. The number of ether oxygens (including phenoxy) is 1. The smallest absolute Gasteiger partial charge is 0.407 e. The highest BCUT2D eigenvalue weighted by Gasteiger charge is 2.34. The molecule has 12 heteroatoms. The lowest BCUT2D eigenvalue weighted by atomic mass is 10.1. The minimum Gasteiger partial charge on any atom is -0.480 e. The highest BCUT2D eigenvalue weighted by molar-refractivity contribution is 5.87. The van der Waals surface area contributed by atoms with Gasteiger partial charge in [-0.15, -0.1) is 0 Å². The first-order valence-electron chi connectivity index (χ1n) is 11.7. The number of halogens is 2. The van der Waals surface area contributed by atoms with Crippen molar-refractivity contribution < 1.29 is 33.0 Å². The zero-order chi connectivity index (χ0) is 27.3. The number of benzene rings is 2. The zero-order valence-electron chi connectivity index (χ0n) is 20.0. The molecule has 1 atom stereocenters. The van der Waals surface area contributed by atoms with Crippen LogP contribution in [0, 0.1) is 0 Å². The third-order valence-electron chi connectivity index (χ3n) is 5.92. The third-order valence-corrected chi connectivity index (χ3v) is 5.92. The van der Waals surface area contributed by atoms with Gasteiger partial charge in [-0.3, -0.25) is 9.59 Å². The molecular weight excluding hydrogens is 502 g/mol. The second-order valence-electron chi connectivity index (χ2n) is 8.66. The number of alkyl halides is 2. The summed E-state index contributed by atoms with van der Waals surface area (Å²) >= 11 is 0. The molecule has 38 heavy (non-hydrogen) atoms. The zero-order valence-corrected chi connectivity index (χ0v) is 20.0. The Morgan fingerprint density at radius 1 is 1.21 bits per heavy atom. The van der Waals surface area contributed by atoms with Crippen molar-refractivity contribution in [2.45, 2.75) is 24.8 Å².